The summed E-state index contributed by atoms with van der Waals surface area (Å²) in [6.07, 6.45) is 1.24. The molecule has 1 heterocycles. The molecule has 2 rings (SSSR count). The fourth-order valence-corrected chi connectivity index (χ4v) is 1.55. The van der Waals surface area contributed by atoms with E-state index in [2.05, 4.69) is 20.7 Å². The maximum Gasteiger partial charge on any atom is 0.291 e. The second kappa shape index (κ2) is 5.79. The van der Waals surface area contributed by atoms with Crippen molar-refractivity contribution in [3.05, 3.63) is 52.8 Å². The summed E-state index contributed by atoms with van der Waals surface area (Å²) in [4.78, 5) is 22.5. The number of nitrogens with zero attached hydrogens (tertiary/aromatic N) is 2. The molecule has 2 aromatic rings. The summed E-state index contributed by atoms with van der Waals surface area (Å²) in [7, 11) is 0. The predicted molar refractivity (Wildman–Crippen MR) is 69.2 cm³/mol. The maximum atomic E-state index is 11.6. The van der Waals surface area contributed by atoms with E-state index in [9.17, 15) is 14.7 Å². The Bertz CT molecular complexity index is 676. The molecule has 0 atom stereocenters. The highest BCUT2D eigenvalue weighted by atomic mass is 16.4. The number of carbonyl (C=O) groups is 2. The zero-order valence-electron chi connectivity index (χ0n) is 10.6. The van der Waals surface area contributed by atoms with E-state index in [1.807, 2.05) is 0 Å². The van der Waals surface area contributed by atoms with Crippen LogP contribution in [0.2, 0.25) is 0 Å². The number of aromatic amines is 1. The van der Waals surface area contributed by atoms with Gasteiger partial charge in [0.1, 0.15) is 0 Å². The third kappa shape index (κ3) is 3.08. The van der Waals surface area contributed by atoms with Crippen molar-refractivity contribution in [2.24, 2.45) is 5.10 Å². The summed E-state index contributed by atoms with van der Waals surface area (Å²) in [5.41, 5.74) is 3.55. The quantitative estimate of drug-likeness (QED) is 0.594. The van der Waals surface area contributed by atoms with Crippen LogP contribution >= 0.6 is 0 Å². The highest BCUT2D eigenvalue weighted by molar-refractivity contribution is 5.98. The van der Waals surface area contributed by atoms with Crippen LogP contribution in [0.15, 0.2) is 35.4 Å². The average Bonchev–Trinajstić information content (AvgIpc) is 2.86. The Morgan fingerprint density at radius 2 is 2.15 bits per heavy atom. The van der Waals surface area contributed by atoms with E-state index in [1.54, 1.807) is 31.2 Å². The maximum absolute atomic E-state index is 11.6. The number of carboxylic acids is 1. The number of hydrazone groups is 1. The lowest BCUT2D eigenvalue weighted by Gasteiger charge is -2.05. The van der Waals surface area contributed by atoms with Crippen LogP contribution < -0.4 is 10.5 Å². The van der Waals surface area contributed by atoms with Crippen LogP contribution in [0.3, 0.4) is 0 Å². The molecule has 0 fully saturated rings. The minimum absolute atomic E-state index is 0.00103. The van der Waals surface area contributed by atoms with Gasteiger partial charge in [0.05, 0.1) is 12.2 Å². The summed E-state index contributed by atoms with van der Waals surface area (Å²) in [5, 5.41) is 21.0. The standard InChI is InChI=1S/C13H12N4O3/c1-8-6-11(16-15-8)12(18)17-14-7-9-4-2-3-5-10(9)13(19)20/h2-7H,1H3,(H,15,16)(H,17,18)(H,19,20)/p-1/b14-7-. The van der Waals surface area contributed by atoms with Crippen molar-refractivity contribution in [2.45, 2.75) is 6.92 Å². The number of nitrogens with one attached hydrogen (secondary N) is 2. The number of H-pyrrole nitrogens is 1. The number of carboxylic acid groups (broad SMARTS) is 1. The van der Waals surface area contributed by atoms with Crippen molar-refractivity contribution < 1.29 is 14.7 Å². The molecule has 1 aromatic carbocycles. The second-order valence-corrected chi connectivity index (χ2v) is 4.01. The van der Waals surface area contributed by atoms with Gasteiger partial charge in [0.15, 0.2) is 5.69 Å². The first kappa shape index (κ1) is 13.5. The van der Waals surface area contributed by atoms with Gasteiger partial charge in [-0.1, -0.05) is 24.3 Å². The SMILES string of the molecule is Cc1cc(C(=O)N/N=C\c2ccccc2C(=O)[O-])n[nH]1. The fraction of sp³-hybridized carbons (Fsp3) is 0.0769. The molecule has 0 bridgehead atoms. The third-order valence-corrected chi connectivity index (χ3v) is 2.49. The number of benzene rings is 1. The zero-order valence-corrected chi connectivity index (χ0v) is 10.6. The monoisotopic (exact) mass is 271 g/mol. The lowest BCUT2D eigenvalue weighted by molar-refractivity contribution is -0.255. The van der Waals surface area contributed by atoms with Crippen molar-refractivity contribution >= 4 is 18.1 Å². The van der Waals surface area contributed by atoms with Gasteiger partial charge in [0.25, 0.3) is 5.91 Å². The molecule has 0 aliphatic heterocycles. The molecule has 2 N–H and O–H groups in total. The number of carbonyl (C=O) groups excluding carboxylic acids is 2. The van der Waals surface area contributed by atoms with Gasteiger partial charge in [-0.15, -0.1) is 0 Å². The van der Waals surface area contributed by atoms with Gasteiger partial charge in [0.2, 0.25) is 0 Å². The lowest BCUT2D eigenvalue weighted by atomic mass is 10.1. The topological polar surface area (TPSA) is 110 Å². The summed E-state index contributed by atoms with van der Waals surface area (Å²) in [6.45, 7) is 1.77. The van der Waals surface area contributed by atoms with Crippen LogP contribution in [0.5, 0.6) is 0 Å². The smallest absolute Gasteiger partial charge is 0.291 e. The first-order chi connectivity index (χ1) is 9.58. The largest absolute Gasteiger partial charge is 0.545 e. The van der Waals surface area contributed by atoms with Gasteiger partial charge in [0, 0.05) is 16.8 Å². The molecular formula is C13H11N4O3-. The van der Waals surface area contributed by atoms with Crippen molar-refractivity contribution in [2.75, 3.05) is 0 Å². The number of rotatable bonds is 4. The normalized spacial score (nSPS) is 10.7. The van der Waals surface area contributed by atoms with Gasteiger partial charge >= 0.3 is 0 Å². The predicted octanol–water partition coefficient (Wildman–Crippen LogP) is -0.154. The molecule has 0 aliphatic rings. The zero-order chi connectivity index (χ0) is 14.5. The molecule has 1 aromatic heterocycles. The summed E-state index contributed by atoms with van der Waals surface area (Å²) < 4.78 is 0. The summed E-state index contributed by atoms with van der Waals surface area (Å²) >= 11 is 0. The van der Waals surface area contributed by atoms with Crippen molar-refractivity contribution in [3.63, 3.8) is 0 Å². The molecule has 0 unspecified atom stereocenters. The Balaban J connectivity index is 2.07. The van der Waals surface area contributed by atoms with E-state index < -0.39 is 11.9 Å². The minimum atomic E-state index is -1.30. The van der Waals surface area contributed by atoms with E-state index in [0.29, 0.717) is 5.56 Å². The van der Waals surface area contributed by atoms with Gasteiger partial charge in [-0.3, -0.25) is 9.89 Å². The lowest BCUT2D eigenvalue weighted by Crippen LogP contribution is -2.24. The van der Waals surface area contributed by atoms with Gasteiger partial charge in [-0.25, -0.2) is 5.43 Å². The number of amides is 1. The van der Waals surface area contributed by atoms with Crippen LogP contribution in [0.4, 0.5) is 0 Å². The fourth-order valence-electron chi connectivity index (χ4n) is 1.55. The molecular weight excluding hydrogens is 260 g/mol. The Morgan fingerprint density at radius 1 is 1.40 bits per heavy atom. The first-order valence-electron chi connectivity index (χ1n) is 5.73. The van der Waals surface area contributed by atoms with Crippen LogP contribution in [0.1, 0.15) is 32.1 Å². The Morgan fingerprint density at radius 3 is 2.80 bits per heavy atom. The molecule has 0 radical (unpaired) electrons. The van der Waals surface area contributed by atoms with Crippen molar-refractivity contribution in [1.82, 2.24) is 15.6 Å². The molecule has 102 valence electrons. The number of hydrogen-bond donors (Lipinski definition) is 2. The average molecular weight is 271 g/mol. The summed E-state index contributed by atoms with van der Waals surface area (Å²) in [5.74, 6) is -1.79. The highest BCUT2D eigenvalue weighted by Gasteiger charge is 2.07. The van der Waals surface area contributed by atoms with Crippen LogP contribution in [0, 0.1) is 6.92 Å². The molecule has 20 heavy (non-hydrogen) atoms. The molecule has 0 saturated heterocycles. The van der Waals surface area contributed by atoms with Crippen LogP contribution in [0.25, 0.3) is 0 Å². The third-order valence-electron chi connectivity index (χ3n) is 2.49. The van der Waals surface area contributed by atoms with Crippen LogP contribution in [-0.4, -0.2) is 28.3 Å². The summed E-state index contributed by atoms with van der Waals surface area (Å²) in [6, 6.07) is 7.76. The molecule has 7 heteroatoms. The minimum Gasteiger partial charge on any atom is -0.545 e. The van der Waals surface area contributed by atoms with Gasteiger partial charge < -0.3 is 9.90 Å². The highest BCUT2D eigenvalue weighted by Crippen LogP contribution is 2.04. The molecule has 0 saturated carbocycles. The number of hydrogen-bond acceptors (Lipinski definition) is 5. The van der Waals surface area contributed by atoms with Gasteiger partial charge in [-0.05, 0) is 13.0 Å². The van der Waals surface area contributed by atoms with E-state index >= 15 is 0 Å². The molecule has 0 spiro atoms. The molecule has 0 aliphatic carbocycles. The second-order valence-electron chi connectivity index (χ2n) is 4.01. The van der Waals surface area contributed by atoms with E-state index in [1.165, 1.54) is 12.3 Å². The van der Waals surface area contributed by atoms with Crippen LogP contribution in [-0.2, 0) is 0 Å². The van der Waals surface area contributed by atoms with E-state index in [-0.39, 0.29) is 11.3 Å². The van der Waals surface area contributed by atoms with Crippen molar-refractivity contribution in [3.8, 4) is 0 Å². The molecule has 7 nitrogen and oxygen atoms in total. The Kier molecular flexibility index (Phi) is 3.90. The van der Waals surface area contributed by atoms with E-state index in [4.69, 9.17) is 0 Å². The van der Waals surface area contributed by atoms with Gasteiger partial charge in [-0.2, -0.15) is 10.2 Å². The van der Waals surface area contributed by atoms with Crippen molar-refractivity contribution in [1.29, 1.82) is 0 Å². The number of aromatic nitrogens is 2. The molecule has 1 amide bonds. The Labute approximate surface area is 114 Å². The first-order valence-corrected chi connectivity index (χ1v) is 5.73. The number of aromatic carboxylic acids is 1. The Hall–Kier alpha value is -2.96. The number of aryl methyl sites for hydroxylation is 1. The van der Waals surface area contributed by atoms with E-state index in [0.717, 1.165) is 5.69 Å².